The van der Waals surface area contributed by atoms with Crippen molar-refractivity contribution in [3.05, 3.63) is 45.7 Å². The van der Waals surface area contributed by atoms with Crippen LogP contribution in [0.3, 0.4) is 0 Å². The molecule has 4 nitrogen and oxygen atoms in total. The minimum Gasteiger partial charge on any atom is -0.484 e. The minimum atomic E-state index is -0.187. The molecule has 0 aliphatic rings. The normalized spacial score (nSPS) is 10.5. The number of aryl methyl sites for hydroxylation is 2. The molecule has 0 unspecified atom stereocenters. The van der Waals surface area contributed by atoms with Crippen LogP contribution in [0.25, 0.3) is 0 Å². The van der Waals surface area contributed by atoms with Crippen LogP contribution in [0, 0.1) is 20.8 Å². The third-order valence-electron chi connectivity index (χ3n) is 2.79. The van der Waals surface area contributed by atoms with E-state index in [1.807, 2.05) is 45.0 Å². The van der Waals surface area contributed by atoms with Gasteiger partial charge >= 0.3 is 0 Å². The second-order valence-corrected chi connectivity index (χ2v) is 5.19. The van der Waals surface area contributed by atoms with Crippen molar-refractivity contribution in [1.29, 1.82) is 0 Å². The molecule has 0 fully saturated rings. The zero-order chi connectivity index (χ0) is 14.0. The fraction of sp³-hybridized carbons (Fsp3) is 0.286. The van der Waals surface area contributed by atoms with Crippen molar-refractivity contribution < 1.29 is 9.53 Å². The molecular weight excluding hydrogens is 308 g/mol. The smallest absolute Gasteiger partial charge is 0.285 e. The quantitative estimate of drug-likeness (QED) is 0.871. The summed E-state index contributed by atoms with van der Waals surface area (Å²) in [6.07, 6.45) is 0. The van der Waals surface area contributed by atoms with Gasteiger partial charge in [-0.25, -0.2) is 4.68 Å². The van der Waals surface area contributed by atoms with E-state index in [2.05, 4.69) is 21.0 Å². The predicted octanol–water partition coefficient (Wildman–Crippen LogP) is 3.29. The number of benzene rings is 1. The van der Waals surface area contributed by atoms with Crippen LogP contribution in [-0.2, 0) is 0 Å². The van der Waals surface area contributed by atoms with Gasteiger partial charge in [0.25, 0.3) is 5.91 Å². The van der Waals surface area contributed by atoms with Crippen molar-refractivity contribution >= 4 is 21.8 Å². The molecule has 0 saturated heterocycles. The van der Waals surface area contributed by atoms with Crippen molar-refractivity contribution in [2.45, 2.75) is 20.8 Å². The number of hydrogen-bond donors (Lipinski definition) is 0. The van der Waals surface area contributed by atoms with Gasteiger partial charge < -0.3 is 4.74 Å². The Balaban J connectivity index is 2.07. The molecule has 0 atom stereocenters. The SMILES string of the molecule is Cc1cccc(OCC(=O)n2nc(C)c(Br)c2C)c1. The highest BCUT2D eigenvalue weighted by atomic mass is 79.9. The highest BCUT2D eigenvalue weighted by molar-refractivity contribution is 9.10. The van der Waals surface area contributed by atoms with Gasteiger partial charge in [0.05, 0.1) is 15.9 Å². The second-order valence-electron chi connectivity index (χ2n) is 4.40. The highest BCUT2D eigenvalue weighted by Gasteiger charge is 2.15. The topological polar surface area (TPSA) is 44.1 Å². The number of nitrogens with zero attached hydrogens (tertiary/aromatic N) is 2. The molecule has 1 aromatic carbocycles. The molecule has 0 bridgehead atoms. The van der Waals surface area contributed by atoms with Gasteiger partial charge in [-0.3, -0.25) is 4.79 Å². The zero-order valence-corrected chi connectivity index (χ0v) is 12.7. The molecule has 0 aliphatic heterocycles. The van der Waals surface area contributed by atoms with Crippen LogP contribution in [-0.4, -0.2) is 22.3 Å². The summed E-state index contributed by atoms with van der Waals surface area (Å²) < 4.78 is 7.71. The molecule has 100 valence electrons. The van der Waals surface area contributed by atoms with Gasteiger partial charge in [0.15, 0.2) is 6.61 Å². The standard InChI is InChI=1S/C14H15BrN2O2/c1-9-5-4-6-12(7-9)19-8-13(18)17-11(3)14(15)10(2)16-17/h4-7H,8H2,1-3H3. The first-order valence-corrected chi connectivity index (χ1v) is 6.72. The van der Waals surface area contributed by atoms with Crippen LogP contribution >= 0.6 is 15.9 Å². The number of aromatic nitrogens is 2. The van der Waals surface area contributed by atoms with Crippen LogP contribution < -0.4 is 4.74 Å². The van der Waals surface area contributed by atoms with E-state index in [-0.39, 0.29) is 12.5 Å². The van der Waals surface area contributed by atoms with Gasteiger partial charge in [0.2, 0.25) is 0 Å². The third kappa shape index (κ3) is 3.04. The number of carbonyl (C=O) groups is 1. The molecule has 1 heterocycles. The first-order valence-electron chi connectivity index (χ1n) is 5.93. The van der Waals surface area contributed by atoms with E-state index in [1.165, 1.54) is 4.68 Å². The zero-order valence-electron chi connectivity index (χ0n) is 11.1. The molecule has 2 aromatic rings. The molecule has 0 radical (unpaired) electrons. The summed E-state index contributed by atoms with van der Waals surface area (Å²) in [7, 11) is 0. The Morgan fingerprint density at radius 2 is 2.11 bits per heavy atom. The molecule has 19 heavy (non-hydrogen) atoms. The molecule has 0 N–H and O–H groups in total. The molecule has 5 heteroatoms. The van der Waals surface area contributed by atoms with Crippen molar-refractivity contribution in [2.24, 2.45) is 0 Å². The molecule has 0 amide bonds. The molecule has 0 aliphatic carbocycles. The van der Waals surface area contributed by atoms with Crippen LogP contribution in [0.1, 0.15) is 21.7 Å². The number of rotatable bonds is 3. The van der Waals surface area contributed by atoms with E-state index in [0.717, 1.165) is 21.4 Å². The maximum absolute atomic E-state index is 12.0. The van der Waals surface area contributed by atoms with E-state index < -0.39 is 0 Å². The summed E-state index contributed by atoms with van der Waals surface area (Å²) in [5, 5.41) is 4.18. The van der Waals surface area contributed by atoms with Gasteiger partial charge in [-0.2, -0.15) is 5.10 Å². The van der Waals surface area contributed by atoms with Crippen LogP contribution in [0.5, 0.6) is 5.75 Å². The lowest BCUT2D eigenvalue weighted by atomic mass is 10.2. The summed E-state index contributed by atoms with van der Waals surface area (Å²) in [6, 6.07) is 7.60. The van der Waals surface area contributed by atoms with Gasteiger partial charge in [-0.15, -0.1) is 0 Å². The summed E-state index contributed by atoms with van der Waals surface area (Å²) in [5.41, 5.74) is 2.68. The average molecular weight is 323 g/mol. The number of ether oxygens (including phenoxy) is 1. The maximum atomic E-state index is 12.0. The van der Waals surface area contributed by atoms with E-state index in [0.29, 0.717) is 5.75 Å². The Labute approximate surface area is 120 Å². The molecule has 1 aromatic heterocycles. The monoisotopic (exact) mass is 322 g/mol. The lowest BCUT2D eigenvalue weighted by molar-refractivity contribution is 0.0818. The van der Waals surface area contributed by atoms with Gasteiger partial charge in [0, 0.05) is 0 Å². The molecular formula is C14H15BrN2O2. The van der Waals surface area contributed by atoms with Gasteiger partial charge in [0.1, 0.15) is 5.75 Å². The molecule has 0 spiro atoms. The second kappa shape index (κ2) is 5.57. The fourth-order valence-corrected chi connectivity index (χ4v) is 2.03. The summed E-state index contributed by atoms with van der Waals surface area (Å²) in [6.45, 7) is 5.64. The van der Waals surface area contributed by atoms with Crippen molar-refractivity contribution in [3.63, 3.8) is 0 Å². The Bertz CT molecular complexity index is 620. The van der Waals surface area contributed by atoms with Crippen LogP contribution in [0.2, 0.25) is 0 Å². The summed E-state index contributed by atoms with van der Waals surface area (Å²) >= 11 is 3.40. The lowest BCUT2D eigenvalue weighted by Gasteiger charge is -2.07. The number of carbonyl (C=O) groups excluding carboxylic acids is 1. The number of halogens is 1. The van der Waals surface area contributed by atoms with Gasteiger partial charge in [-0.05, 0) is 54.4 Å². The Kier molecular flexibility index (Phi) is 4.04. The average Bonchev–Trinajstić information content (AvgIpc) is 2.64. The predicted molar refractivity (Wildman–Crippen MR) is 76.7 cm³/mol. The lowest BCUT2D eigenvalue weighted by Crippen LogP contribution is -2.21. The molecule has 0 saturated carbocycles. The highest BCUT2D eigenvalue weighted by Crippen LogP contribution is 2.19. The molecule has 2 rings (SSSR count). The van der Waals surface area contributed by atoms with Crippen LogP contribution in [0.15, 0.2) is 28.7 Å². The van der Waals surface area contributed by atoms with E-state index in [9.17, 15) is 4.79 Å². The van der Waals surface area contributed by atoms with E-state index in [4.69, 9.17) is 4.74 Å². The van der Waals surface area contributed by atoms with E-state index >= 15 is 0 Å². The fourth-order valence-electron chi connectivity index (χ4n) is 1.78. The first kappa shape index (κ1) is 13.8. The Hall–Kier alpha value is -1.62. The summed E-state index contributed by atoms with van der Waals surface area (Å²) in [4.78, 5) is 12.0. The van der Waals surface area contributed by atoms with Crippen molar-refractivity contribution in [1.82, 2.24) is 9.78 Å². The third-order valence-corrected chi connectivity index (χ3v) is 3.94. The maximum Gasteiger partial charge on any atom is 0.285 e. The van der Waals surface area contributed by atoms with Crippen molar-refractivity contribution in [2.75, 3.05) is 6.61 Å². The Morgan fingerprint density at radius 1 is 1.37 bits per heavy atom. The summed E-state index contributed by atoms with van der Waals surface area (Å²) in [5.74, 6) is 0.502. The minimum absolute atomic E-state index is 0.0299. The van der Waals surface area contributed by atoms with E-state index in [1.54, 1.807) is 0 Å². The van der Waals surface area contributed by atoms with Gasteiger partial charge in [-0.1, -0.05) is 12.1 Å². The number of hydrogen-bond acceptors (Lipinski definition) is 3. The van der Waals surface area contributed by atoms with Crippen molar-refractivity contribution in [3.8, 4) is 5.75 Å². The first-order chi connectivity index (χ1) is 8.99. The largest absolute Gasteiger partial charge is 0.484 e. The Morgan fingerprint density at radius 3 is 2.68 bits per heavy atom. The van der Waals surface area contributed by atoms with Crippen LogP contribution in [0.4, 0.5) is 0 Å².